The number of alkyl halides is 1. The van der Waals surface area contributed by atoms with E-state index in [4.69, 9.17) is 0 Å². The number of aromatic nitrogens is 1. The smallest absolute Gasteiger partial charge is 0.0414 e. The summed E-state index contributed by atoms with van der Waals surface area (Å²) in [5.74, 6) is 0. The Labute approximate surface area is 81.4 Å². The lowest BCUT2D eigenvalue weighted by Crippen LogP contribution is -1.94. The van der Waals surface area contributed by atoms with E-state index < -0.39 is 0 Å². The molecule has 0 radical (unpaired) electrons. The molecule has 0 unspecified atom stereocenters. The molecule has 0 fully saturated rings. The molecule has 1 heterocycles. The van der Waals surface area contributed by atoms with E-state index in [-0.39, 0.29) is 0 Å². The predicted octanol–water partition coefficient (Wildman–Crippen LogP) is 2.68. The van der Waals surface area contributed by atoms with Gasteiger partial charge in [-0.25, -0.2) is 0 Å². The van der Waals surface area contributed by atoms with Gasteiger partial charge in [-0.15, -0.1) is 0 Å². The van der Waals surface area contributed by atoms with Gasteiger partial charge in [0.25, 0.3) is 0 Å². The number of rotatable bonds is 2. The lowest BCUT2D eigenvalue weighted by atomic mass is 10.2. The molecule has 1 aromatic rings. The summed E-state index contributed by atoms with van der Waals surface area (Å²) in [5.41, 5.74) is 3.65. The molecule has 0 saturated heterocycles. The Morgan fingerprint density at radius 1 is 1.36 bits per heavy atom. The van der Waals surface area contributed by atoms with Gasteiger partial charge in [-0.2, -0.15) is 0 Å². The van der Waals surface area contributed by atoms with Crippen LogP contribution in [0.2, 0.25) is 0 Å². The summed E-state index contributed by atoms with van der Waals surface area (Å²) in [5, 5.41) is 0. The maximum Gasteiger partial charge on any atom is 0.0414 e. The fourth-order valence-corrected chi connectivity index (χ4v) is 1.47. The summed E-state index contributed by atoms with van der Waals surface area (Å²) in [7, 11) is 0. The maximum absolute atomic E-state index is 4.46. The summed E-state index contributed by atoms with van der Waals surface area (Å²) in [6, 6.07) is 4.25. The molecule has 0 aliphatic carbocycles. The first-order chi connectivity index (χ1) is 5.24. The first-order valence-corrected chi connectivity index (χ1v) is 5.25. The zero-order chi connectivity index (χ0) is 8.27. The minimum Gasteiger partial charge on any atom is -0.258 e. The molecule has 0 amide bonds. The minimum absolute atomic E-state index is 1.08. The zero-order valence-corrected chi connectivity index (χ0v) is 9.05. The largest absolute Gasteiger partial charge is 0.258 e. The summed E-state index contributed by atoms with van der Waals surface area (Å²) >= 11 is 2.37. The van der Waals surface area contributed by atoms with Gasteiger partial charge in [0.15, 0.2) is 0 Å². The quantitative estimate of drug-likeness (QED) is 0.589. The van der Waals surface area contributed by atoms with Crippen LogP contribution >= 0.6 is 22.6 Å². The zero-order valence-electron chi connectivity index (χ0n) is 6.89. The molecule has 1 nitrogen and oxygen atoms in total. The monoisotopic (exact) mass is 261 g/mol. The lowest BCUT2D eigenvalue weighted by molar-refractivity contribution is 1.01. The minimum atomic E-state index is 1.08. The van der Waals surface area contributed by atoms with Crippen LogP contribution in [0.4, 0.5) is 0 Å². The van der Waals surface area contributed by atoms with Gasteiger partial charge in [-0.3, -0.25) is 4.98 Å². The molecule has 1 aromatic heterocycles. The fraction of sp³-hybridized carbons (Fsp3) is 0.444. The number of pyridine rings is 1. The number of hydrogen-bond donors (Lipinski definition) is 0. The summed E-state index contributed by atoms with van der Waals surface area (Å²) < 4.78 is 1.15. The van der Waals surface area contributed by atoms with Crippen molar-refractivity contribution < 1.29 is 0 Å². The molecule has 0 aromatic carbocycles. The van der Waals surface area contributed by atoms with Gasteiger partial charge in [0.05, 0.1) is 0 Å². The van der Waals surface area contributed by atoms with Crippen molar-refractivity contribution in [3.63, 3.8) is 0 Å². The van der Waals surface area contributed by atoms with Gasteiger partial charge in [0.1, 0.15) is 0 Å². The number of hydrogen-bond acceptors (Lipinski definition) is 1. The second kappa shape index (κ2) is 4.04. The van der Waals surface area contributed by atoms with E-state index in [2.05, 4.69) is 53.6 Å². The standard InChI is InChI=1S/C9H12IN/c1-7-3-4-9(5-6-10)11-8(7)2/h3-4H,5-6H2,1-2H3. The third kappa shape index (κ3) is 2.43. The van der Waals surface area contributed by atoms with E-state index in [1.54, 1.807) is 0 Å². The molecular formula is C9H12IN. The Bertz CT molecular complexity index is 245. The molecule has 2 heteroatoms. The van der Waals surface area contributed by atoms with Gasteiger partial charge in [-0.1, -0.05) is 28.7 Å². The number of nitrogens with zero attached hydrogens (tertiary/aromatic N) is 1. The van der Waals surface area contributed by atoms with E-state index in [1.807, 2.05) is 0 Å². The summed E-state index contributed by atoms with van der Waals surface area (Å²) in [6.07, 6.45) is 1.08. The van der Waals surface area contributed by atoms with Crippen LogP contribution in [0, 0.1) is 13.8 Å². The average Bonchev–Trinajstić information content (AvgIpc) is 1.98. The second-order valence-electron chi connectivity index (χ2n) is 2.64. The molecule has 0 saturated carbocycles. The van der Waals surface area contributed by atoms with E-state index >= 15 is 0 Å². The molecule has 0 N–H and O–H groups in total. The van der Waals surface area contributed by atoms with E-state index in [0.29, 0.717) is 0 Å². The maximum atomic E-state index is 4.46. The lowest BCUT2D eigenvalue weighted by Gasteiger charge is -2.01. The van der Waals surface area contributed by atoms with Crippen molar-refractivity contribution in [3.8, 4) is 0 Å². The molecule has 0 atom stereocenters. The van der Waals surface area contributed by atoms with Gasteiger partial charge in [0.2, 0.25) is 0 Å². The van der Waals surface area contributed by atoms with Crippen LogP contribution in [0.15, 0.2) is 12.1 Å². The highest BCUT2D eigenvalue weighted by Crippen LogP contribution is 2.06. The van der Waals surface area contributed by atoms with Crippen molar-refractivity contribution in [1.82, 2.24) is 4.98 Å². The van der Waals surface area contributed by atoms with Crippen molar-refractivity contribution >= 4 is 22.6 Å². The van der Waals surface area contributed by atoms with Crippen LogP contribution < -0.4 is 0 Å². The van der Waals surface area contributed by atoms with Crippen molar-refractivity contribution in [2.24, 2.45) is 0 Å². The van der Waals surface area contributed by atoms with Crippen LogP contribution in [0.3, 0.4) is 0 Å². The van der Waals surface area contributed by atoms with Crippen LogP contribution in [0.5, 0.6) is 0 Å². The van der Waals surface area contributed by atoms with Gasteiger partial charge in [0, 0.05) is 15.8 Å². The Balaban J connectivity index is 2.86. The topological polar surface area (TPSA) is 12.9 Å². The Kier molecular flexibility index (Phi) is 3.30. The first kappa shape index (κ1) is 8.97. The normalized spacial score (nSPS) is 10.1. The molecular weight excluding hydrogens is 249 g/mol. The Morgan fingerprint density at radius 3 is 2.64 bits per heavy atom. The Morgan fingerprint density at radius 2 is 2.09 bits per heavy atom. The summed E-state index contributed by atoms with van der Waals surface area (Å²) in [4.78, 5) is 4.46. The summed E-state index contributed by atoms with van der Waals surface area (Å²) in [6.45, 7) is 4.15. The SMILES string of the molecule is Cc1ccc(CCI)nc1C. The predicted molar refractivity (Wildman–Crippen MR) is 56.3 cm³/mol. The van der Waals surface area contributed by atoms with Crippen molar-refractivity contribution in [2.75, 3.05) is 4.43 Å². The molecule has 0 bridgehead atoms. The van der Waals surface area contributed by atoms with Crippen molar-refractivity contribution in [3.05, 3.63) is 29.1 Å². The van der Waals surface area contributed by atoms with E-state index in [0.717, 1.165) is 16.5 Å². The van der Waals surface area contributed by atoms with Crippen LogP contribution in [-0.2, 0) is 6.42 Å². The number of aryl methyl sites for hydroxylation is 3. The highest BCUT2D eigenvalue weighted by Gasteiger charge is 1.95. The van der Waals surface area contributed by atoms with E-state index in [9.17, 15) is 0 Å². The average molecular weight is 261 g/mol. The molecule has 1 rings (SSSR count). The highest BCUT2D eigenvalue weighted by molar-refractivity contribution is 14.1. The third-order valence-corrected chi connectivity index (χ3v) is 2.30. The van der Waals surface area contributed by atoms with Crippen molar-refractivity contribution in [2.45, 2.75) is 20.3 Å². The fourth-order valence-electron chi connectivity index (χ4n) is 0.919. The van der Waals surface area contributed by atoms with Crippen molar-refractivity contribution in [1.29, 1.82) is 0 Å². The molecule has 0 aliphatic rings. The van der Waals surface area contributed by atoms with Gasteiger partial charge < -0.3 is 0 Å². The van der Waals surface area contributed by atoms with Gasteiger partial charge in [-0.05, 0) is 31.9 Å². The second-order valence-corrected chi connectivity index (χ2v) is 3.72. The van der Waals surface area contributed by atoms with Crippen LogP contribution in [-0.4, -0.2) is 9.41 Å². The highest BCUT2D eigenvalue weighted by atomic mass is 127. The molecule has 11 heavy (non-hydrogen) atoms. The van der Waals surface area contributed by atoms with Crippen LogP contribution in [0.1, 0.15) is 17.0 Å². The molecule has 0 spiro atoms. The Hall–Kier alpha value is -0.120. The molecule has 60 valence electrons. The third-order valence-electron chi connectivity index (χ3n) is 1.76. The van der Waals surface area contributed by atoms with E-state index in [1.165, 1.54) is 11.3 Å². The number of halogens is 1. The van der Waals surface area contributed by atoms with Gasteiger partial charge >= 0.3 is 0 Å². The molecule has 0 aliphatic heterocycles. The first-order valence-electron chi connectivity index (χ1n) is 3.73. The van der Waals surface area contributed by atoms with Crippen LogP contribution in [0.25, 0.3) is 0 Å².